The second-order valence-corrected chi connectivity index (χ2v) is 9.17. The first-order chi connectivity index (χ1) is 15.1. The molecule has 0 fully saturated rings. The highest BCUT2D eigenvalue weighted by Gasteiger charge is 2.34. The summed E-state index contributed by atoms with van der Waals surface area (Å²) in [6.45, 7) is 6.59. The Kier molecular flexibility index (Phi) is 11.4. The number of carbonyl (C=O) groups excluding carboxylic acids is 1. The Bertz CT molecular complexity index is 735. The van der Waals surface area contributed by atoms with Crippen LogP contribution in [0.1, 0.15) is 97.8 Å². The van der Waals surface area contributed by atoms with Crippen molar-refractivity contribution in [2.45, 2.75) is 97.8 Å². The Balaban J connectivity index is 1.96. The summed E-state index contributed by atoms with van der Waals surface area (Å²) in [6.07, 6.45) is 14.1. The molecule has 0 aliphatic rings. The lowest BCUT2D eigenvalue weighted by atomic mass is 9.79. The van der Waals surface area contributed by atoms with E-state index in [-0.39, 0.29) is 5.97 Å². The molecule has 0 spiro atoms. The number of benzene rings is 2. The molecular weight excluding hydrogens is 380 g/mol. The first-order valence-corrected chi connectivity index (χ1v) is 12.5. The fourth-order valence-electron chi connectivity index (χ4n) is 4.14. The third-order valence-electron chi connectivity index (χ3n) is 6.33. The van der Waals surface area contributed by atoms with Crippen LogP contribution in [0.3, 0.4) is 0 Å². The molecule has 0 aliphatic carbocycles. The van der Waals surface area contributed by atoms with E-state index in [4.69, 9.17) is 4.74 Å². The molecule has 2 heteroatoms. The minimum absolute atomic E-state index is 0.0648. The number of hydrogen-bond donors (Lipinski definition) is 0. The maximum atomic E-state index is 13.2. The van der Waals surface area contributed by atoms with Gasteiger partial charge in [0.25, 0.3) is 0 Å². The predicted molar refractivity (Wildman–Crippen MR) is 132 cm³/mol. The van der Waals surface area contributed by atoms with Crippen molar-refractivity contribution in [3.8, 4) is 16.9 Å². The number of hydrogen-bond acceptors (Lipinski definition) is 2. The second kappa shape index (κ2) is 14.1. The van der Waals surface area contributed by atoms with Crippen LogP contribution in [-0.2, 0) is 4.79 Å². The van der Waals surface area contributed by atoms with Crippen LogP contribution < -0.4 is 4.74 Å². The largest absolute Gasteiger partial charge is 0.426 e. The van der Waals surface area contributed by atoms with E-state index in [9.17, 15) is 4.79 Å². The third kappa shape index (κ3) is 8.89. The van der Waals surface area contributed by atoms with Crippen molar-refractivity contribution in [2.24, 2.45) is 5.41 Å². The van der Waals surface area contributed by atoms with Crippen LogP contribution in [0.25, 0.3) is 11.1 Å². The summed E-state index contributed by atoms with van der Waals surface area (Å²) in [5, 5.41) is 0. The lowest BCUT2D eigenvalue weighted by molar-refractivity contribution is -0.146. The molecule has 0 radical (unpaired) electrons. The topological polar surface area (TPSA) is 26.3 Å². The molecule has 2 nitrogen and oxygen atoms in total. The molecule has 0 bridgehead atoms. The van der Waals surface area contributed by atoms with Crippen LogP contribution in [0.15, 0.2) is 54.6 Å². The van der Waals surface area contributed by atoms with E-state index < -0.39 is 5.41 Å². The molecule has 0 aliphatic heterocycles. The molecule has 0 heterocycles. The Morgan fingerprint density at radius 2 is 1.16 bits per heavy atom. The molecular formula is C29H42O2. The van der Waals surface area contributed by atoms with E-state index >= 15 is 0 Å². The number of ether oxygens (including phenoxy) is 1. The zero-order chi connectivity index (χ0) is 22.4. The Labute approximate surface area is 190 Å². The van der Waals surface area contributed by atoms with Crippen molar-refractivity contribution in [3.63, 3.8) is 0 Å². The van der Waals surface area contributed by atoms with Crippen LogP contribution in [0.2, 0.25) is 0 Å². The Morgan fingerprint density at radius 3 is 1.74 bits per heavy atom. The molecule has 0 N–H and O–H groups in total. The van der Waals surface area contributed by atoms with E-state index in [0.717, 1.165) is 31.2 Å². The van der Waals surface area contributed by atoms with Gasteiger partial charge in [-0.05, 0) is 43.0 Å². The van der Waals surface area contributed by atoms with E-state index in [1.807, 2.05) is 42.5 Å². The van der Waals surface area contributed by atoms with Crippen molar-refractivity contribution < 1.29 is 9.53 Å². The molecule has 170 valence electrons. The Morgan fingerprint density at radius 1 is 0.677 bits per heavy atom. The zero-order valence-corrected chi connectivity index (χ0v) is 20.0. The highest BCUT2D eigenvalue weighted by atomic mass is 16.5. The van der Waals surface area contributed by atoms with Gasteiger partial charge in [0.15, 0.2) is 0 Å². The molecule has 2 aromatic carbocycles. The highest BCUT2D eigenvalue weighted by molar-refractivity contribution is 5.79. The monoisotopic (exact) mass is 422 g/mol. The van der Waals surface area contributed by atoms with Gasteiger partial charge < -0.3 is 4.74 Å². The van der Waals surface area contributed by atoms with Crippen molar-refractivity contribution in [1.82, 2.24) is 0 Å². The molecule has 2 aromatic rings. The van der Waals surface area contributed by atoms with Gasteiger partial charge >= 0.3 is 5.97 Å². The van der Waals surface area contributed by atoms with E-state index in [1.54, 1.807) is 0 Å². The standard InChI is InChI=1S/C29H42O2/c1-4-6-8-10-11-16-24-29(3,23-15-9-7-5-2)28(30)31-27-21-19-26(20-22-27)25-17-13-12-14-18-25/h12-14,17-22H,4-11,15-16,23-24H2,1-3H3. The molecule has 0 aromatic heterocycles. The molecule has 31 heavy (non-hydrogen) atoms. The van der Waals surface area contributed by atoms with E-state index in [1.165, 1.54) is 56.9 Å². The number of esters is 1. The van der Waals surface area contributed by atoms with Crippen LogP contribution in [0, 0.1) is 5.41 Å². The number of carbonyl (C=O) groups is 1. The lowest BCUT2D eigenvalue weighted by Gasteiger charge is -2.27. The number of unbranched alkanes of at least 4 members (excludes halogenated alkanes) is 8. The third-order valence-corrected chi connectivity index (χ3v) is 6.33. The molecule has 0 amide bonds. The lowest BCUT2D eigenvalue weighted by Crippen LogP contribution is -2.32. The molecule has 2 rings (SSSR count). The van der Waals surface area contributed by atoms with E-state index in [0.29, 0.717) is 5.75 Å². The van der Waals surface area contributed by atoms with Crippen molar-refractivity contribution in [2.75, 3.05) is 0 Å². The second-order valence-electron chi connectivity index (χ2n) is 9.17. The zero-order valence-electron chi connectivity index (χ0n) is 20.0. The summed E-state index contributed by atoms with van der Waals surface area (Å²) in [4.78, 5) is 13.2. The summed E-state index contributed by atoms with van der Waals surface area (Å²) < 4.78 is 5.88. The van der Waals surface area contributed by atoms with Gasteiger partial charge in [-0.15, -0.1) is 0 Å². The minimum atomic E-state index is -0.392. The molecule has 1 unspecified atom stereocenters. The highest BCUT2D eigenvalue weighted by Crippen LogP contribution is 2.34. The van der Waals surface area contributed by atoms with Crippen LogP contribution in [0.4, 0.5) is 0 Å². The summed E-state index contributed by atoms with van der Waals surface area (Å²) in [5.74, 6) is 0.581. The van der Waals surface area contributed by atoms with E-state index in [2.05, 4.69) is 32.9 Å². The van der Waals surface area contributed by atoms with Crippen molar-refractivity contribution in [3.05, 3.63) is 54.6 Å². The van der Waals surface area contributed by atoms with Gasteiger partial charge in [-0.3, -0.25) is 4.79 Å². The first-order valence-electron chi connectivity index (χ1n) is 12.5. The maximum Gasteiger partial charge on any atom is 0.317 e. The smallest absolute Gasteiger partial charge is 0.317 e. The number of rotatable bonds is 15. The van der Waals surface area contributed by atoms with Crippen molar-refractivity contribution >= 4 is 5.97 Å². The average molecular weight is 423 g/mol. The fraction of sp³-hybridized carbons (Fsp3) is 0.552. The predicted octanol–water partition coefficient (Wildman–Crippen LogP) is 8.99. The van der Waals surface area contributed by atoms with Gasteiger partial charge in [0.2, 0.25) is 0 Å². The first kappa shape index (κ1) is 25.2. The van der Waals surface area contributed by atoms with Crippen LogP contribution in [0.5, 0.6) is 5.75 Å². The van der Waals surface area contributed by atoms with Gasteiger partial charge in [-0.25, -0.2) is 0 Å². The SMILES string of the molecule is CCCCCCCCC(C)(CCCCCC)C(=O)Oc1ccc(-c2ccccc2)cc1. The van der Waals surface area contributed by atoms with Gasteiger partial charge in [-0.1, -0.05) is 121 Å². The van der Waals surface area contributed by atoms with Gasteiger partial charge in [-0.2, -0.15) is 0 Å². The van der Waals surface area contributed by atoms with Gasteiger partial charge in [0, 0.05) is 0 Å². The molecule has 0 saturated heterocycles. The van der Waals surface area contributed by atoms with Gasteiger partial charge in [0.1, 0.15) is 5.75 Å². The summed E-state index contributed by atoms with van der Waals surface area (Å²) >= 11 is 0. The fourth-order valence-corrected chi connectivity index (χ4v) is 4.14. The summed E-state index contributed by atoms with van der Waals surface area (Å²) in [5.41, 5.74) is 1.91. The quantitative estimate of drug-likeness (QED) is 0.163. The normalized spacial score (nSPS) is 13.0. The maximum absolute atomic E-state index is 13.2. The Hall–Kier alpha value is -2.09. The minimum Gasteiger partial charge on any atom is -0.426 e. The average Bonchev–Trinajstić information content (AvgIpc) is 2.80. The molecule has 0 saturated carbocycles. The van der Waals surface area contributed by atoms with Gasteiger partial charge in [0.05, 0.1) is 5.41 Å². The van der Waals surface area contributed by atoms with Crippen LogP contribution >= 0.6 is 0 Å². The van der Waals surface area contributed by atoms with Crippen LogP contribution in [-0.4, -0.2) is 5.97 Å². The van der Waals surface area contributed by atoms with Crippen molar-refractivity contribution in [1.29, 1.82) is 0 Å². The molecule has 1 atom stereocenters. The summed E-state index contributed by atoms with van der Waals surface area (Å²) in [6, 6.07) is 18.2. The summed E-state index contributed by atoms with van der Waals surface area (Å²) in [7, 11) is 0.